The van der Waals surface area contributed by atoms with E-state index in [1.165, 1.54) is 0 Å². The Kier molecular flexibility index (Phi) is 4.46. The standard InChI is InChI=1S/C5H10N/c1-2-3-4-5-6/h3-4,6H,2,5H2,1H3. The molecule has 6 heavy (non-hydrogen) atoms. The van der Waals surface area contributed by atoms with Gasteiger partial charge in [0, 0.05) is 6.54 Å². The topological polar surface area (TPSA) is 23.8 Å². The fourth-order valence-electron chi connectivity index (χ4n) is 0.250. The molecule has 1 N–H and O–H groups in total. The van der Waals surface area contributed by atoms with E-state index in [-0.39, 0.29) is 0 Å². The molecule has 0 aliphatic heterocycles. The lowest BCUT2D eigenvalue weighted by atomic mass is 10.4. The first kappa shape index (κ1) is 5.70. The summed E-state index contributed by atoms with van der Waals surface area (Å²) in [5.41, 5.74) is 6.62. The van der Waals surface area contributed by atoms with Gasteiger partial charge < -0.3 is 0 Å². The maximum absolute atomic E-state index is 6.62. The van der Waals surface area contributed by atoms with Gasteiger partial charge in [-0.2, -0.15) is 0 Å². The van der Waals surface area contributed by atoms with Crippen molar-refractivity contribution in [3.05, 3.63) is 12.2 Å². The van der Waals surface area contributed by atoms with Crippen LogP contribution in [0.15, 0.2) is 12.2 Å². The van der Waals surface area contributed by atoms with Crippen molar-refractivity contribution in [1.29, 1.82) is 0 Å². The largest absolute Gasteiger partial charge is 0.254 e. The molecule has 0 aromatic carbocycles. The van der Waals surface area contributed by atoms with E-state index in [2.05, 4.69) is 6.92 Å². The first-order valence-corrected chi connectivity index (χ1v) is 2.21. The van der Waals surface area contributed by atoms with Crippen LogP contribution in [0.5, 0.6) is 0 Å². The molecular formula is C5H10N. The van der Waals surface area contributed by atoms with Crippen molar-refractivity contribution < 1.29 is 0 Å². The molecule has 1 radical (unpaired) electrons. The van der Waals surface area contributed by atoms with Crippen molar-refractivity contribution in [1.82, 2.24) is 5.73 Å². The van der Waals surface area contributed by atoms with Crippen LogP contribution in [0.2, 0.25) is 0 Å². The Morgan fingerprint density at radius 1 is 1.50 bits per heavy atom. The summed E-state index contributed by atoms with van der Waals surface area (Å²) < 4.78 is 0. The number of allylic oxidation sites excluding steroid dienone is 1. The van der Waals surface area contributed by atoms with Crippen molar-refractivity contribution in [2.45, 2.75) is 13.3 Å². The molecule has 0 amide bonds. The van der Waals surface area contributed by atoms with Gasteiger partial charge in [-0.05, 0) is 6.42 Å². The monoisotopic (exact) mass is 84.1 g/mol. The smallest absolute Gasteiger partial charge is 0.0281 e. The van der Waals surface area contributed by atoms with E-state index in [0.29, 0.717) is 6.54 Å². The lowest BCUT2D eigenvalue weighted by Gasteiger charge is -1.72. The highest BCUT2D eigenvalue weighted by atomic mass is 14.5. The van der Waals surface area contributed by atoms with Crippen LogP contribution in [0.4, 0.5) is 0 Å². The zero-order chi connectivity index (χ0) is 4.83. The van der Waals surface area contributed by atoms with Gasteiger partial charge in [0.2, 0.25) is 0 Å². The summed E-state index contributed by atoms with van der Waals surface area (Å²) >= 11 is 0. The Bertz CT molecular complexity index is 33.2. The molecule has 1 heteroatoms. The van der Waals surface area contributed by atoms with E-state index in [1.54, 1.807) is 0 Å². The molecule has 0 rings (SSSR count). The zero-order valence-electron chi connectivity index (χ0n) is 4.07. The summed E-state index contributed by atoms with van der Waals surface area (Å²) in [4.78, 5) is 0. The van der Waals surface area contributed by atoms with Crippen LogP contribution in [0, 0.1) is 0 Å². The van der Waals surface area contributed by atoms with Crippen LogP contribution in [0.1, 0.15) is 13.3 Å². The first-order chi connectivity index (χ1) is 2.91. The van der Waals surface area contributed by atoms with Gasteiger partial charge >= 0.3 is 0 Å². The fraction of sp³-hybridized carbons (Fsp3) is 0.600. The van der Waals surface area contributed by atoms with E-state index < -0.39 is 0 Å². The third-order valence-electron chi connectivity index (χ3n) is 0.520. The van der Waals surface area contributed by atoms with E-state index in [1.807, 2.05) is 12.2 Å². The SMILES string of the molecule is CCC=CC[NH]. The molecular weight excluding hydrogens is 74.1 g/mol. The molecule has 0 unspecified atom stereocenters. The highest BCUT2D eigenvalue weighted by Gasteiger charge is 1.60. The Balaban J connectivity index is 2.73. The van der Waals surface area contributed by atoms with Gasteiger partial charge in [0.05, 0.1) is 0 Å². The van der Waals surface area contributed by atoms with Crippen LogP contribution in [-0.4, -0.2) is 6.54 Å². The Morgan fingerprint density at radius 2 is 2.17 bits per heavy atom. The van der Waals surface area contributed by atoms with Crippen molar-refractivity contribution >= 4 is 0 Å². The maximum atomic E-state index is 6.62. The number of hydrogen-bond acceptors (Lipinski definition) is 0. The quantitative estimate of drug-likeness (QED) is 0.449. The Morgan fingerprint density at radius 3 is 2.33 bits per heavy atom. The van der Waals surface area contributed by atoms with Crippen LogP contribution in [0.25, 0.3) is 0 Å². The summed E-state index contributed by atoms with van der Waals surface area (Å²) in [6.45, 7) is 2.49. The minimum Gasteiger partial charge on any atom is -0.254 e. The van der Waals surface area contributed by atoms with Gasteiger partial charge in [-0.15, -0.1) is 0 Å². The highest BCUT2D eigenvalue weighted by Crippen LogP contribution is 1.74. The molecule has 0 heterocycles. The summed E-state index contributed by atoms with van der Waals surface area (Å²) in [7, 11) is 0. The molecule has 0 bridgehead atoms. The predicted octanol–water partition coefficient (Wildman–Crippen LogP) is 1.24. The summed E-state index contributed by atoms with van der Waals surface area (Å²) in [5.74, 6) is 0. The second-order valence-corrected chi connectivity index (χ2v) is 1.08. The molecule has 0 aliphatic carbocycles. The third-order valence-corrected chi connectivity index (χ3v) is 0.520. The van der Waals surface area contributed by atoms with E-state index in [4.69, 9.17) is 5.73 Å². The van der Waals surface area contributed by atoms with Crippen LogP contribution in [-0.2, 0) is 0 Å². The Labute approximate surface area is 38.8 Å². The minimum absolute atomic E-state index is 0.424. The second kappa shape index (κ2) is 4.70. The van der Waals surface area contributed by atoms with Gasteiger partial charge in [-0.1, -0.05) is 19.1 Å². The van der Waals surface area contributed by atoms with Crippen LogP contribution < -0.4 is 5.73 Å². The van der Waals surface area contributed by atoms with Crippen molar-refractivity contribution in [3.8, 4) is 0 Å². The lowest BCUT2D eigenvalue weighted by molar-refractivity contribution is 1.15. The molecule has 0 aromatic rings. The molecule has 0 spiro atoms. The van der Waals surface area contributed by atoms with Crippen LogP contribution >= 0.6 is 0 Å². The average molecular weight is 84.1 g/mol. The fourth-order valence-corrected chi connectivity index (χ4v) is 0.250. The van der Waals surface area contributed by atoms with E-state index in [0.717, 1.165) is 6.42 Å². The second-order valence-electron chi connectivity index (χ2n) is 1.08. The Hall–Kier alpha value is -0.300. The highest BCUT2D eigenvalue weighted by molar-refractivity contribution is 4.79. The molecule has 0 saturated carbocycles. The maximum Gasteiger partial charge on any atom is 0.0281 e. The summed E-state index contributed by atoms with van der Waals surface area (Å²) in [6.07, 6.45) is 4.89. The molecule has 0 saturated heterocycles. The lowest BCUT2D eigenvalue weighted by Crippen LogP contribution is -1.72. The zero-order valence-corrected chi connectivity index (χ0v) is 4.07. The van der Waals surface area contributed by atoms with Crippen molar-refractivity contribution in [2.24, 2.45) is 0 Å². The molecule has 0 atom stereocenters. The number of rotatable bonds is 2. The molecule has 1 nitrogen and oxygen atoms in total. The third kappa shape index (κ3) is 3.70. The van der Waals surface area contributed by atoms with Gasteiger partial charge in [-0.3, -0.25) is 5.73 Å². The van der Waals surface area contributed by atoms with Crippen molar-refractivity contribution in [3.63, 3.8) is 0 Å². The minimum atomic E-state index is 0.424. The average Bonchev–Trinajstić information content (AvgIpc) is 1.61. The van der Waals surface area contributed by atoms with Gasteiger partial charge in [0.1, 0.15) is 0 Å². The molecule has 0 fully saturated rings. The van der Waals surface area contributed by atoms with Gasteiger partial charge in [0.15, 0.2) is 0 Å². The van der Waals surface area contributed by atoms with E-state index >= 15 is 0 Å². The summed E-state index contributed by atoms with van der Waals surface area (Å²) in [5, 5.41) is 0. The number of hydrogen-bond donors (Lipinski definition) is 0. The predicted molar refractivity (Wildman–Crippen MR) is 27.4 cm³/mol. The van der Waals surface area contributed by atoms with Gasteiger partial charge in [-0.25, -0.2) is 0 Å². The molecule has 0 aromatic heterocycles. The normalized spacial score (nSPS) is 10.3. The van der Waals surface area contributed by atoms with Crippen molar-refractivity contribution in [2.75, 3.05) is 6.54 Å². The number of nitrogens with one attached hydrogen (secondary N) is 1. The summed E-state index contributed by atoms with van der Waals surface area (Å²) in [6, 6.07) is 0. The molecule has 35 valence electrons. The van der Waals surface area contributed by atoms with E-state index in [9.17, 15) is 0 Å². The molecule has 0 aliphatic rings. The first-order valence-electron chi connectivity index (χ1n) is 2.21. The van der Waals surface area contributed by atoms with Crippen LogP contribution in [0.3, 0.4) is 0 Å². The van der Waals surface area contributed by atoms with Gasteiger partial charge in [0.25, 0.3) is 0 Å².